The molecular weight excluding hydrogens is 450 g/mol. The van der Waals surface area contributed by atoms with Crippen LogP contribution in [0.2, 0.25) is 0 Å². The fourth-order valence-corrected chi connectivity index (χ4v) is 5.54. The average molecular weight is 484 g/mol. The van der Waals surface area contributed by atoms with Gasteiger partial charge in [0, 0.05) is 39.3 Å². The van der Waals surface area contributed by atoms with E-state index in [-0.39, 0.29) is 24.0 Å². The van der Waals surface area contributed by atoms with Crippen molar-refractivity contribution in [2.24, 2.45) is 0 Å². The molecule has 0 aromatic heterocycles. The van der Waals surface area contributed by atoms with Crippen LogP contribution in [-0.4, -0.2) is 78.5 Å². The minimum absolute atomic E-state index is 0.00484. The molecule has 36 heavy (non-hydrogen) atoms. The summed E-state index contributed by atoms with van der Waals surface area (Å²) in [6, 6.07) is 30.4. The molecule has 0 aliphatic carbocycles. The van der Waals surface area contributed by atoms with Gasteiger partial charge in [-0.25, -0.2) is 0 Å². The molecule has 0 radical (unpaired) electrons. The van der Waals surface area contributed by atoms with Crippen molar-refractivity contribution >= 4 is 12.4 Å². The maximum atomic E-state index is 13.9. The Hall–Kier alpha value is -3.48. The van der Waals surface area contributed by atoms with Gasteiger partial charge in [-0.2, -0.15) is 0 Å². The highest BCUT2D eigenvalue weighted by atomic mass is 16.5. The fraction of sp³-hybridized carbons (Fsp3) is 0.333. The molecular formula is C30H33N3O3. The molecule has 186 valence electrons. The average Bonchev–Trinajstić information content (AvgIpc) is 3.35. The quantitative estimate of drug-likeness (QED) is 0.460. The van der Waals surface area contributed by atoms with Crippen molar-refractivity contribution in [3.8, 4) is 0 Å². The Bertz CT molecular complexity index is 1080. The number of carbonyl (C=O) groups excluding carboxylic acids is 2. The lowest BCUT2D eigenvalue weighted by Crippen LogP contribution is -2.53. The zero-order valence-corrected chi connectivity index (χ0v) is 20.5. The van der Waals surface area contributed by atoms with Crippen LogP contribution < -0.4 is 0 Å². The maximum Gasteiger partial charge on any atom is 0.293 e. The second-order valence-corrected chi connectivity index (χ2v) is 9.63. The first kappa shape index (κ1) is 24.2. The molecule has 5 rings (SSSR count). The van der Waals surface area contributed by atoms with Crippen LogP contribution in [0.25, 0.3) is 0 Å². The lowest BCUT2D eigenvalue weighted by atomic mass is 9.90. The molecule has 3 aromatic rings. The normalized spacial score (nSPS) is 21.0. The van der Waals surface area contributed by atoms with Crippen LogP contribution in [0.1, 0.15) is 22.6 Å². The van der Waals surface area contributed by atoms with E-state index in [1.54, 1.807) is 0 Å². The smallest absolute Gasteiger partial charge is 0.293 e. The third kappa shape index (κ3) is 5.50. The van der Waals surface area contributed by atoms with Crippen molar-refractivity contribution in [3.63, 3.8) is 0 Å². The third-order valence-corrected chi connectivity index (χ3v) is 7.42. The summed E-state index contributed by atoms with van der Waals surface area (Å²) in [5, 5.41) is 0. The van der Waals surface area contributed by atoms with E-state index in [0.29, 0.717) is 19.6 Å². The topological polar surface area (TPSA) is 53.1 Å². The van der Waals surface area contributed by atoms with Crippen molar-refractivity contribution in [3.05, 3.63) is 108 Å². The number of rotatable bonds is 8. The molecule has 2 heterocycles. The predicted octanol–water partition coefficient (Wildman–Crippen LogP) is 3.39. The SMILES string of the molecule is O=CO[C@H]1CN(C(=O)C(c2ccccc2)c2ccccc2)C[C@@H]1N1CCN(Cc2ccccc2)CC1. The monoisotopic (exact) mass is 483 g/mol. The Morgan fingerprint density at radius 3 is 1.92 bits per heavy atom. The number of amides is 1. The lowest BCUT2D eigenvalue weighted by Gasteiger charge is -2.39. The van der Waals surface area contributed by atoms with Gasteiger partial charge < -0.3 is 9.64 Å². The molecule has 3 aromatic carbocycles. The molecule has 6 nitrogen and oxygen atoms in total. The molecule has 1 amide bonds. The van der Waals surface area contributed by atoms with Gasteiger partial charge in [-0.15, -0.1) is 0 Å². The van der Waals surface area contributed by atoms with Gasteiger partial charge in [0.2, 0.25) is 5.91 Å². The minimum atomic E-state index is -0.384. The largest absolute Gasteiger partial charge is 0.461 e. The molecule has 0 saturated carbocycles. The van der Waals surface area contributed by atoms with Gasteiger partial charge in [-0.1, -0.05) is 91.0 Å². The number of hydrogen-bond donors (Lipinski definition) is 0. The van der Waals surface area contributed by atoms with Crippen LogP contribution in [0.5, 0.6) is 0 Å². The highest BCUT2D eigenvalue weighted by molar-refractivity contribution is 5.87. The van der Waals surface area contributed by atoms with Crippen LogP contribution in [0.3, 0.4) is 0 Å². The van der Waals surface area contributed by atoms with Gasteiger partial charge >= 0.3 is 0 Å². The number of benzene rings is 3. The minimum Gasteiger partial charge on any atom is -0.461 e. The number of hydrogen-bond acceptors (Lipinski definition) is 5. The maximum absolute atomic E-state index is 13.9. The second kappa shape index (κ2) is 11.5. The van der Waals surface area contributed by atoms with Crippen LogP contribution in [0.4, 0.5) is 0 Å². The second-order valence-electron chi connectivity index (χ2n) is 9.63. The molecule has 2 aliphatic heterocycles. The van der Waals surface area contributed by atoms with Crippen LogP contribution >= 0.6 is 0 Å². The third-order valence-electron chi connectivity index (χ3n) is 7.42. The van der Waals surface area contributed by atoms with Crippen LogP contribution in [0, 0.1) is 0 Å². The van der Waals surface area contributed by atoms with Gasteiger partial charge in [0.1, 0.15) is 6.10 Å². The van der Waals surface area contributed by atoms with Crippen molar-refractivity contribution in [2.45, 2.75) is 24.6 Å². The standard InChI is InChI=1S/C30H33N3O3/c34-23-36-28-22-33(30(35)29(25-12-6-2-7-13-25)26-14-8-3-9-15-26)21-27(28)32-18-16-31(17-19-32)20-24-10-4-1-5-11-24/h1-15,23,27-29H,16-22H2/t27-,28-/m0/s1. The first-order chi connectivity index (χ1) is 17.7. The van der Waals surface area contributed by atoms with Crippen molar-refractivity contribution < 1.29 is 14.3 Å². The Balaban J connectivity index is 1.29. The number of nitrogens with zero attached hydrogens (tertiary/aromatic N) is 3. The lowest BCUT2D eigenvalue weighted by molar-refractivity contribution is -0.137. The van der Waals surface area contributed by atoms with E-state index in [9.17, 15) is 9.59 Å². The Kier molecular flexibility index (Phi) is 7.74. The number of likely N-dealkylation sites (tertiary alicyclic amines) is 1. The van der Waals surface area contributed by atoms with E-state index in [2.05, 4.69) is 34.1 Å². The molecule has 2 atom stereocenters. The van der Waals surface area contributed by atoms with E-state index in [1.807, 2.05) is 71.6 Å². The number of piperazine rings is 1. The van der Waals surface area contributed by atoms with Crippen LogP contribution in [0.15, 0.2) is 91.0 Å². The van der Waals surface area contributed by atoms with Gasteiger partial charge in [-0.05, 0) is 16.7 Å². The summed E-state index contributed by atoms with van der Waals surface area (Å²) in [4.78, 5) is 32.0. The molecule has 0 N–H and O–H groups in total. The molecule has 0 spiro atoms. The summed E-state index contributed by atoms with van der Waals surface area (Å²) >= 11 is 0. The van der Waals surface area contributed by atoms with Crippen molar-refractivity contribution in [1.29, 1.82) is 0 Å². The van der Waals surface area contributed by atoms with Gasteiger partial charge in [0.25, 0.3) is 6.47 Å². The highest BCUT2D eigenvalue weighted by Gasteiger charge is 2.42. The molecule has 0 unspecified atom stereocenters. The summed E-state index contributed by atoms with van der Waals surface area (Å²) in [6.07, 6.45) is -0.320. The van der Waals surface area contributed by atoms with E-state index >= 15 is 0 Å². The summed E-state index contributed by atoms with van der Waals surface area (Å²) in [6.45, 7) is 6.12. The van der Waals surface area contributed by atoms with Crippen molar-refractivity contribution in [2.75, 3.05) is 39.3 Å². The van der Waals surface area contributed by atoms with E-state index < -0.39 is 0 Å². The van der Waals surface area contributed by atoms with Gasteiger partial charge in [0.05, 0.1) is 18.5 Å². The molecule has 2 fully saturated rings. The summed E-state index contributed by atoms with van der Waals surface area (Å²) in [7, 11) is 0. The summed E-state index contributed by atoms with van der Waals surface area (Å²) < 4.78 is 5.53. The first-order valence-electron chi connectivity index (χ1n) is 12.7. The van der Waals surface area contributed by atoms with Gasteiger partial charge in [0.15, 0.2) is 0 Å². The number of ether oxygens (including phenoxy) is 1. The van der Waals surface area contributed by atoms with E-state index in [0.717, 1.165) is 43.9 Å². The zero-order chi connectivity index (χ0) is 24.7. The Morgan fingerprint density at radius 1 is 0.806 bits per heavy atom. The molecule has 6 heteroatoms. The molecule has 2 aliphatic rings. The summed E-state index contributed by atoms with van der Waals surface area (Å²) in [5.74, 6) is -0.331. The first-order valence-corrected chi connectivity index (χ1v) is 12.7. The Labute approximate surface area is 213 Å². The van der Waals surface area contributed by atoms with E-state index in [4.69, 9.17) is 4.74 Å². The number of carbonyl (C=O) groups is 2. The van der Waals surface area contributed by atoms with Crippen LogP contribution in [-0.2, 0) is 20.9 Å². The molecule has 0 bridgehead atoms. The van der Waals surface area contributed by atoms with Gasteiger partial charge in [-0.3, -0.25) is 19.4 Å². The highest BCUT2D eigenvalue weighted by Crippen LogP contribution is 2.30. The fourth-order valence-electron chi connectivity index (χ4n) is 5.54. The Morgan fingerprint density at radius 2 is 1.36 bits per heavy atom. The summed E-state index contributed by atoms with van der Waals surface area (Å²) in [5.41, 5.74) is 3.26. The zero-order valence-electron chi connectivity index (χ0n) is 20.5. The predicted molar refractivity (Wildman–Crippen MR) is 139 cm³/mol. The van der Waals surface area contributed by atoms with E-state index in [1.165, 1.54) is 5.56 Å². The molecule has 2 saturated heterocycles. The van der Waals surface area contributed by atoms with Crippen molar-refractivity contribution in [1.82, 2.24) is 14.7 Å².